The standard InChI is InChI=1S/C16H21NO5/c1-4-8-21-10-14(16(19)20)17-15(18)12(3)22-13-7-5-6-11(2)9-13/h4-7,9,12,14H,1,8,10H2,2-3H3,(H,17,18)(H,19,20). The van der Waals surface area contributed by atoms with Crippen LogP contribution in [0.1, 0.15) is 12.5 Å². The van der Waals surface area contributed by atoms with Gasteiger partial charge in [0.2, 0.25) is 0 Å². The molecule has 1 rings (SSSR count). The third-order valence-corrected chi connectivity index (χ3v) is 2.81. The molecular formula is C16H21NO5. The Labute approximate surface area is 129 Å². The quantitative estimate of drug-likeness (QED) is 0.534. The van der Waals surface area contributed by atoms with Crippen molar-refractivity contribution in [3.8, 4) is 5.75 Å². The molecule has 1 aromatic carbocycles. The number of nitrogens with one attached hydrogen (secondary N) is 1. The summed E-state index contributed by atoms with van der Waals surface area (Å²) < 4.78 is 10.6. The average molecular weight is 307 g/mol. The van der Waals surface area contributed by atoms with Gasteiger partial charge in [-0.05, 0) is 31.5 Å². The van der Waals surface area contributed by atoms with Crippen molar-refractivity contribution in [3.63, 3.8) is 0 Å². The summed E-state index contributed by atoms with van der Waals surface area (Å²) in [6, 6.07) is 6.13. The summed E-state index contributed by atoms with van der Waals surface area (Å²) >= 11 is 0. The van der Waals surface area contributed by atoms with Crippen LogP contribution in [-0.2, 0) is 14.3 Å². The number of carboxylic acids is 1. The molecule has 0 radical (unpaired) electrons. The number of amides is 1. The molecule has 0 aliphatic rings. The lowest BCUT2D eigenvalue weighted by atomic mass is 10.2. The van der Waals surface area contributed by atoms with E-state index in [-0.39, 0.29) is 13.2 Å². The fourth-order valence-corrected chi connectivity index (χ4v) is 1.68. The molecule has 2 unspecified atom stereocenters. The highest BCUT2D eigenvalue weighted by Crippen LogP contribution is 2.14. The van der Waals surface area contributed by atoms with Crippen molar-refractivity contribution in [1.29, 1.82) is 0 Å². The second kappa shape index (κ2) is 8.84. The summed E-state index contributed by atoms with van der Waals surface area (Å²) in [6.07, 6.45) is 0.688. The molecule has 0 heterocycles. The number of aryl methyl sites for hydroxylation is 1. The summed E-state index contributed by atoms with van der Waals surface area (Å²) in [4.78, 5) is 23.1. The van der Waals surface area contributed by atoms with Crippen molar-refractivity contribution < 1.29 is 24.2 Å². The fraction of sp³-hybridized carbons (Fsp3) is 0.375. The number of benzene rings is 1. The summed E-state index contributed by atoms with van der Waals surface area (Å²) in [6.45, 7) is 7.02. The number of rotatable bonds is 9. The van der Waals surface area contributed by atoms with Crippen LogP contribution < -0.4 is 10.1 Å². The second-order valence-electron chi connectivity index (χ2n) is 4.80. The van der Waals surface area contributed by atoms with Gasteiger partial charge in [-0.25, -0.2) is 4.79 Å². The van der Waals surface area contributed by atoms with E-state index in [1.165, 1.54) is 6.08 Å². The highest BCUT2D eigenvalue weighted by atomic mass is 16.5. The summed E-state index contributed by atoms with van der Waals surface area (Å²) in [7, 11) is 0. The van der Waals surface area contributed by atoms with Gasteiger partial charge in [-0.2, -0.15) is 0 Å². The molecule has 0 aliphatic heterocycles. The molecule has 0 fully saturated rings. The Bertz CT molecular complexity index is 529. The number of ether oxygens (including phenoxy) is 2. The van der Waals surface area contributed by atoms with E-state index < -0.39 is 24.0 Å². The SMILES string of the molecule is C=CCOCC(NC(=O)C(C)Oc1cccc(C)c1)C(=O)O. The Kier molecular flexibility index (Phi) is 7.12. The third kappa shape index (κ3) is 5.97. The van der Waals surface area contributed by atoms with Gasteiger partial charge in [-0.15, -0.1) is 6.58 Å². The maximum Gasteiger partial charge on any atom is 0.328 e. The zero-order valence-corrected chi connectivity index (χ0v) is 12.7. The van der Waals surface area contributed by atoms with E-state index in [0.717, 1.165) is 5.56 Å². The first-order chi connectivity index (χ1) is 10.4. The van der Waals surface area contributed by atoms with Crippen molar-refractivity contribution in [2.24, 2.45) is 0 Å². The molecule has 1 aromatic rings. The first kappa shape index (κ1) is 17.7. The zero-order valence-electron chi connectivity index (χ0n) is 12.7. The molecule has 6 nitrogen and oxygen atoms in total. The number of carboxylic acid groups (broad SMARTS) is 1. The van der Waals surface area contributed by atoms with E-state index in [9.17, 15) is 9.59 Å². The lowest BCUT2D eigenvalue weighted by Gasteiger charge is -2.19. The van der Waals surface area contributed by atoms with Crippen molar-refractivity contribution in [1.82, 2.24) is 5.32 Å². The van der Waals surface area contributed by atoms with Crippen LogP contribution >= 0.6 is 0 Å². The lowest BCUT2D eigenvalue weighted by molar-refractivity contribution is -0.144. The summed E-state index contributed by atoms with van der Waals surface area (Å²) in [5.41, 5.74) is 1.01. The van der Waals surface area contributed by atoms with E-state index in [1.807, 2.05) is 19.1 Å². The van der Waals surface area contributed by atoms with Gasteiger partial charge >= 0.3 is 5.97 Å². The van der Waals surface area contributed by atoms with Crippen LogP contribution in [0.4, 0.5) is 0 Å². The molecule has 120 valence electrons. The number of aliphatic carboxylic acids is 1. The number of hydrogen-bond donors (Lipinski definition) is 2. The van der Waals surface area contributed by atoms with Crippen molar-refractivity contribution in [2.75, 3.05) is 13.2 Å². The molecule has 0 saturated carbocycles. The molecular weight excluding hydrogens is 286 g/mol. The maximum absolute atomic E-state index is 12.0. The van der Waals surface area contributed by atoms with Gasteiger partial charge in [0, 0.05) is 0 Å². The van der Waals surface area contributed by atoms with Gasteiger partial charge in [-0.3, -0.25) is 4.79 Å². The summed E-state index contributed by atoms with van der Waals surface area (Å²) in [5.74, 6) is -1.13. The van der Waals surface area contributed by atoms with E-state index in [0.29, 0.717) is 5.75 Å². The first-order valence-electron chi connectivity index (χ1n) is 6.89. The molecule has 2 atom stereocenters. The van der Waals surface area contributed by atoms with Crippen LogP contribution in [0, 0.1) is 6.92 Å². The predicted molar refractivity (Wildman–Crippen MR) is 81.9 cm³/mol. The third-order valence-electron chi connectivity index (χ3n) is 2.81. The molecule has 1 amide bonds. The van der Waals surface area contributed by atoms with Crippen LogP contribution in [0.3, 0.4) is 0 Å². The predicted octanol–water partition coefficient (Wildman–Crippen LogP) is 1.53. The Morgan fingerprint density at radius 1 is 1.45 bits per heavy atom. The highest BCUT2D eigenvalue weighted by molar-refractivity contribution is 5.86. The minimum absolute atomic E-state index is 0.135. The molecule has 0 aromatic heterocycles. The summed E-state index contributed by atoms with van der Waals surface area (Å²) in [5, 5.41) is 11.5. The van der Waals surface area contributed by atoms with Gasteiger partial charge in [0.05, 0.1) is 13.2 Å². The van der Waals surface area contributed by atoms with Gasteiger partial charge in [0.1, 0.15) is 5.75 Å². The lowest BCUT2D eigenvalue weighted by Crippen LogP contribution is -2.48. The topological polar surface area (TPSA) is 84.9 Å². The Hall–Kier alpha value is -2.34. The van der Waals surface area contributed by atoms with Crippen LogP contribution in [0.15, 0.2) is 36.9 Å². The van der Waals surface area contributed by atoms with Crippen LogP contribution in [0.25, 0.3) is 0 Å². The van der Waals surface area contributed by atoms with Gasteiger partial charge in [-0.1, -0.05) is 18.2 Å². The molecule has 6 heteroatoms. The molecule has 22 heavy (non-hydrogen) atoms. The normalized spacial score (nSPS) is 13.0. The van der Waals surface area contributed by atoms with Crippen LogP contribution in [0.5, 0.6) is 5.75 Å². The Morgan fingerprint density at radius 3 is 2.77 bits per heavy atom. The molecule has 0 bridgehead atoms. The van der Waals surface area contributed by atoms with E-state index in [1.54, 1.807) is 19.1 Å². The largest absolute Gasteiger partial charge is 0.481 e. The smallest absolute Gasteiger partial charge is 0.328 e. The van der Waals surface area contributed by atoms with E-state index >= 15 is 0 Å². The minimum atomic E-state index is -1.17. The van der Waals surface area contributed by atoms with Crippen molar-refractivity contribution >= 4 is 11.9 Å². The van der Waals surface area contributed by atoms with Crippen LogP contribution in [0.2, 0.25) is 0 Å². The second-order valence-corrected chi connectivity index (χ2v) is 4.80. The number of hydrogen-bond acceptors (Lipinski definition) is 4. The van der Waals surface area contributed by atoms with Crippen LogP contribution in [-0.4, -0.2) is 42.3 Å². The maximum atomic E-state index is 12.0. The van der Waals surface area contributed by atoms with Crippen molar-refractivity contribution in [2.45, 2.75) is 26.0 Å². The van der Waals surface area contributed by atoms with Crippen molar-refractivity contribution in [3.05, 3.63) is 42.5 Å². The van der Waals surface area contributed by atoms with E-state index in [4.69, 9.17) is 14.6 Å². The molecule has 0 spiro atoms. The number of carbonyl (C=O) groups is 2. The Balaban J connectivity index is 2.57. The zero-order chi connectivity index (χ0) is 16.5. The van der Waals surface area contributed by atoms with Gasteiger partial charge in [0.25, 0.3) is 5.91 Å². The van der Waals surface area contributed by atoms with Gasteiger partial charge in [0.15, 0.2) is 12.1 Å². The van der Waals surface area contributed by atoms with E-state index in [2.05, 4.69) is 11.9 Å². The number of carbonyl (C=O) groups excluding carboxylic acids is 1. The van der Waals surface area contributed by atoms with Gasteiger partial charge < -0.3 is 19.9 Å². The Morgan fingerprint density at radius 2 is 2.18 bits per heavy atom. The molecule has 2 N–H and O–H groups in total. The molecule has 0 saturated heterocycles. The minimum Gasteiger partial charge on any atom is -0.481 e. The first-order valence-corrected chi connectivity index (χ1v) is 6.89. The monoisotopic (exact) mass is 307 g/mol. The molecule has 0 aliphatic carbocycles. The average Bonchev–Trinajstić information content (AvgIpc) is 2.46. The fourth-order valence-electron chi connectivity index (χ4n) is 1.68. The highest BCUT2D eigenvalue weighted by Gasteiger charge is 2.24.